The molecule has 2 heterocycles. The highest BCUT2D eigenvalue weighted by atomic mass is 79.9. The van der Waals surface area contributed by atoms with Crippen molar-refractivity contribution in [2.45, 2.75) is 39.2 Å². The number of aromatic nitrogens is 1. The first-order valence-electron chi connectivity index (χ1n) is 7.99. The third-order valence-electron chi connectivity index (χ3n) is 3.70. The Kier molecular flexibility index (Phi) is 6.15. The van der Waals surface area contributed by atoms with E-state index in [-0.39, 0.29) is 17.7 Å². The summed E-state index contributed by atoms with van der Waals surface area (Å²) in [5.41, 5.74) is 0.426. The van der Waals surface area contributed by atoms with Crippen LogP contribution in [0.5, 0.6) is 0 Å². The molecule has 1 atom stereocenters. The molecule has 0 aliphatic carbocycles. The molecule has 1 aromatic rings. The average Bonchev–Trinajstić information content (AvgIpc) is 2.52. The maximum absolute atomic E-state index is 12.2. The van der Waals surface area contributed by atoms with Gasteiger partial charge in [-0.2, -0.15) is 0 Å². The Morgan fingerprint density at radius 3 is 2.96 bits per heavy atom. The number of nitrogens with zero attached hydrogens (tertiary/aromatic N) is 3. The minimum Gasteiger partial charge on any atom is -0.444 e. The summed E-state index contributed by atoms with van der Waals surface area (Å²) in [7, 11) is 0. The van der Waals surface area contributed by atoms with E-state index < -0.39 is 5.60 Å². The van der Waals surface area contributed by atoms with Crippen LogP contribution in [0.3, 0.4) is 0 Å². The van der Waals surface area contributed by atoms with E-state index in [1.165, 1.54) is 6.20 Å². The Labute approximate surface area is 150 Å². The second-order valence-corrected chi connectivity index (χ2v) is 7.74. The lowest BCUT2D eigenvalue weighted by atomic mass is 9.98. The molecule has 0 saturated carbocycles. The fourth-order valence-electron chi connectivity index (χ4n) is 2.62. The van der Waals surface area contributed by atoms with Gasteiger partial charge in [0.05, 0.1) is 11.9 Å². The van der Waals surface area contributed by atoms with Crippen molar-refractivity contribution in [3.8, 4) is 0 Å². The molecule has 2 rings (SSSR count). The van der Waals surface area contributed by atoms with E-state index in [1.807, 2.05) is 20.8 Å². The predicted octanol–water partition coefficient (Wildman–Crippen LogP) is 4.30. The van der Waals surface area contributed by atoms with Crippen molar-refractivity contribution >= 4 is 33.4 Å². The van der Waals surface area contributed by atoms with Crippen molar-refractivity contribution in [3.63, 3.8) is 0 Å². The molecule has 24 heavy (non-hydrogen) atoms. The first-order chi connectivity index (χ1) is 11.3. The average molecular weight is 399 g/mol. The second-order valence-electron chi connectivity index (χ2n) is 6.93. The lowest BCUT2D eigenvalue weighted by Gasteiger charge is -2.34. The lowest BCUT2D eigenvalue weighted by Crippen LogP contribution is -2.44. The summed E-state index contributed by atoms with van der Waals surface area (Å²) in [5, 5.41) is 6.22. The molecule has 0 radical (unpaired) electrons. The highest BCUT2D eigenvalue weighted by Crippen LogP contribution is 2.27. The number of pyridine rings is 1. The number of hydrogen-bond acceptors (Lipinski definition) is 6. The predicted molar refractivity (Wildman–Crippen MR) is 96.4 cm³/mol. The van der Waals surface area contributed by atoms with Crippen LogP contribution in [0.15, 0.2) is 22.0 Å². The summed E-state index contributed by atoms with van der Waals surface area (Å²) in [6.45, 7) is 7.60. The zero-order valence-corrected chi connectivity index (χ0v) is 15.8. The third-order valence-corrected chi connectivity index (χ3v) is 4.13. The molecule has 1 fully saturated rings. The Morgan fingerprint density at radius 2 is 2.29 bits per heavy atom. The Balaban J connectivity index is 1.93. The number of piperidine rings is 1. The Hall–Kier alpha value is -1.70. The SMILES string of the molecule is CC(C)(C)OC(=O)N1CCCC(CNc2cc(Br)ncc2N=O)C1. The van der Waals surface area contributed by atoms with E-state index in [1.54, 1.807) is 11.0 Å². The highest BCUT2D eigenvalue weighted by Gasteiger charge is 2.27. The minimum absolute atomic E-state index is 0.269. The molecule has 0 bridgehead atoms. The quantitative estimate of drug-likeness (QED) is 0.603. The fraction of sp³-hybridized carbons (Fsp3) is 0.625. The summed E-state index contributed by atoms with van der Waals surface area (Å²) in [5.74, 6) is 0.290. The van der Waals surface area contributed by atoms with Crippen LogP contribution in [0.25, 0.3) is 0 Å². The van der Waals surface area contributed by atoms with E-state index in [4.69, 9.17) is 4.74 Å². The van der Waals surface area contributed by atoms with Crippen LogP contribution in [0.4, 0.5) is 16.2 Å². The molecule has 1 amide bonds. The standard InChI is InChI=1S/C16H23BrN4O3/c1-16(2,3)24-15(22)21-6-4-5-11(10-21)8-18-12-7-14(17)19-9-13(12)20-23/h7,9,11H,4-6,8,10H2,1-3H3,(H,18,19). The van der Waals surface area contributed by atoms with Crippen LogP contribution < -0.4 is 5.32 Å². The molecule has 132 valence electrons. The van der Waals surface area contributed by atoms with Crippen molar-refractivity contribution < 1.29 is 9.53 Å². The van der Waals surface area contributed by atoms with E-state index in [0.717, 1.165) is 12.8 Å². The van der Waals surface area contributed by atoms with Gasteiger partial charge in [0, 0.05) is 19.6 Å². The minimum atomic E-state index is -0.490. The van der Waals surface area contributed by atoms with Gasteiger partial charge in [0.2, 0.25) is 0 Å². The fourth-order valence-corrected chi connectivity index (χ4v) is 2.95. The van der Waals surface area contributed by atoms with Gasteiger partial charge in [0.1, 0.15) is 15.9 Å². The summed E-state index contributed by atoms with van der Waals surface area (Å²) in [6.07, 6.45) is 3.11. The first-order valence-corrected chi connectivity index (χ1v) is 8.78. The summed E-state index contributed by atoms with van der Waals surface area (Å²) >= 11 is 3.28. The molecule has 1 unspecified atom stereocenters. The Morgan fingerprint density at radius 1 is 1.54 bits per heavy atom. The zero-order valence-electron chi connectivity index (χ0n) is 14.2. The second kappa shape index (κ2) is 7.92. The third kappa shape index (κ3) is 5.43. The number of hydrogen-bond donors (Lipinski definition) is 1. The van der Waals surface area contributed by atoms with Crippen molar-refractivity contribution in [2.24, 2.45) is 11.1 Å². The van der Waals surface area contributed by atoms with E-state index >= 15 is 0 Å². The monoisotopic (exact) mass is 398 g/mol. The van der Waals surface area contributed by atoms with Crippen molar-refractivity contribution in [1.82, 2.24) is 9.88 Å². The molecule has 1 saturated heterocycles. The summed E-state index contributed by atoms with van der Waals surface area (Å²) in [4.78, 5) is 28.8. The lowest BCUT2D eigenvalue weighted by molar-refractivity contribution is 0.0172. The van der Waals surface area contributed by atoms with Crippen molar-refractivity contribution in [2.75, 3.05) is 25.0 Å². The van der Waals surface area contributed by atoms with Crippen molar-refractivity contribution in [1.29, 1.82) is 0 Å². The zero-order chi connectivity index (χ0) is 17.7. The highest BCUT2D eigenvalue weighted by molar-refractivity contribution is 9.10. The molecular formula is C16H23BrN4O3. The molecule has 0 spiro atoms. The number of nitrogens with one attached hydrogen (secondary N) is 1. The molecule has 1 aliphatic heterocycles. The molecule has 1 aliphatic rings. The Bertz CT molecular complexity index is 603. The van der Waals surface area contributed by atoms with Crippen LogP contribution in [0, 0.1) is 10.8 Å². The van der Waals surface area contributed by atoms with Crippen LogP contribution >= 0.6 is 15.9 Å². The maximum atomic E-state index is 12.2. The normalized spacial score (nSPS) is 18.2. The van der Waals surface area contributed by atoms with Gasteiger partial charge in [-0.15, -0.1) is 4.91 Å². The number of anilines is 1. The van der Waals surface area contributed by atoms with Gasteiger partial charge >= 0.3 is 6.09 Å². The molecule has 8 heteroatoms. The number of carbonyl (C=O) groups is 1. The summed E-state index contributed by atoms with van der Waals surface area (Å²) < 4.78 is 6.07. The number of halogens is 1. The van der Waals surface area contributed by atoms with Gasteiger partial charge in [0.15, 0.2) is 0 Å². The molecule has 0 aromatic carbocycles. The van der Waals surface area contributed by atoms with E-state index in [2.05, 4.69) is 31.4 Å². The van der Waals surface area contributed by atoms with Crippen molar-refractivity contribution in [3.05, 3.63) is 21.8 Å². The van der Waals surface area contributed by atoms with Gasteiger partial charge in [-0.25, -0.2) is 9.78 Å². The largest absolute Gasteiger partial charge is 0.444 e. The molecule has 1 aromatic heterocycles. The van der Waals surface area contributed by atoms with E-state index in [9.17, 15) is 9.70 Å². The van der Waals surface area contributed by atoms with Crippen LogP contribution in [-0.4, -0.2) is 41.2 Å². The number of ether oxygens (including phenoxy) is 1. The maximum Gasteiger partial charge on any atom is 0.410 e. The molecule has 1 N–H and O–H groups in total. The van der Waals surface area contributed by atoms with Crippen LogP contribution in [0.2, 0.25) is 0 Å². The molecule has 7 nitrogen and oxygen atoms in total. The number of carbonyl (C=O) groups excluding carboxylic acids is 1. The number of amides is 1. The van der Waals surface area contributed by atoms with Gasteiger partial charge in [0.25, 0.3) is 0 Å². The van der Waals surface area contributed by atoms with E-state index in [0.29, 0.717) is 29.9 Å². The number of nitroso groups, excluding NO2 is 1. The smallest absolute Gasteiger partial charge is 0.410 e. The van der Waals surface area contributed by atoms with Gasteiger partial charge in [-0.05, 0) is 66.7 Å². The number of rotatable bonds is 4. The number of likely N-dealkylation sites (tertiary alicyclic amines) is 1. The van der Waals surface area contributed by atoms with Gasteiger partial charge in [-0.3, -0.25) is 0 Å². The topological polar surface area (TPSA) is 83.9 Å². The summed E-state index contributed by atoms with van der Waals surface area (Å²) in [6, 6.07) is 1.73. The van der Waals surface area contributed by atoms with Crippen LogP contribution in [-0.2, 0) is 4.74 Å². The van der Waals surface area contributed by atoms with Gasteiger partial charge < -0.3 is 15.0 Å². The van der Waals surface area contributed by atoms with Gasteiger partial charge in [-0.1, -0.05) is 0 Å². The molecular weight excluding hydrogens is 376 g/mol. The first kappa shape index (κ1) is 18.6. The van der Waals surface area contributed by atoms with Crippen LogP contribution in [0.1, 0.15) is 33.6 Å².